The number of halogens is 4. The third-order valence-corrected chi connectivity index (χ3v) is 5.73. The maximum absolute atomic E-state index is 12.7. The van der Waals surface area contributed by atoms with E-state index < -0.39 is 12.1 Å². The molecule has 1 saturated heterocycles. The van der Waals surface area contributed by atoms with Crippen LogP contribution in [0.3, 0.4) is 0 Å². The predicted octanol–water partition coefficient (Wildman–Crippen LogP) is 4.53. The highest BCUT2D eigenvalue weighted by Crippen LogP contribution is 2.27. The molecule has 2 aromatic carbocycles. The lowest BCUT2D eigenvalue weighted by atomic mass is 10.1. The fourth-order valence-corrected chi connectivity index (χ4v) is 3.76. The number of furan rings is 1. The van der Waals surface area contributed by atoms with Gasteiger partial charge in [-0.1, -0.05) is 11.6 Å². The predicted molar refractivity (Wildman–Crippen MR) is 138 cm³/mol. The standard InChI is InChI=1S/C24H24ClN3O4.C2HF3O2/c1-16-13-18(28-10-8-26-9-11-28)5-6-20(16)27-23(29)15-32-21-7-4-17(25)14-19(21)24(30)22-3-2-12-31-22;3-2(4,5)1(6)7/h2-7,12-14,26H,8-11,15H2,1H3,(H,27,29);(H,6,7). The average molecular weight is 568 g/mol. The Kier molecular flexibility index (Phi) is 9.96. The number of rotatable bonds is 7. The molecule has 0 saturated carbocycles. The molecule has 3 N–H and O–H groups in total. The van der Waals surface area contributed by atoms with Gasteiger partial charge in [0.1, 0.15) is 5.75 Å². The van der Waals surface area contributed by atoms with Gasteiger partial charge in [0.15, 0.2) is 12.4 Å². The van der Waals surface area contributed by atoms with Gasteiger partial charge < -0.3 is 29.8 Å². The van der Waals surface area contributed by atoms with E-state index in [9.17, 15) is 22.8 Å². The maximum atomic E-state index is 12.7. The van der Waals surface area contributed by atoms with Gasteiger partial charge >= 0.3 is 12.1 Å². The van der Waals surface area contributed by atoms with E-state index >= 15 is 0 Å². The van der Waals surface area contributed by atoms with Crippen molar-refractivity contribution in [2.45, 2.75) is 13.1 Å². The molecule has 2 heterocycles. The average Bonchev–Trinajstić information content (AvgIpc) is 3.44. The minimum atomic E-state index is -5.08. The SMILES string of the molecule is Cc1cc(N2CCNCC2)ccc1NC(=O)COc1ccc(Cl)cc1C(=O)c1ccco1.O=C(O)C(F)(F)F. The molecule has 3 aromatic rings. The molecule has 4 rings (SSSR count). The van der Waals surface area contributed by atoms with Crippen molar-refractivity contribution >= 4 is 40.6 Å². The number of ether oxygens (including phenoxy) is 1. The van der Waals surface area contributed by atoms with Crippen LogP contribution in [0.1, 0.15) is 21.7 Å². The van der Waals surface area contributed by atoms with Gasteiger partial charge in [-0.25, -0.2) is 4.79 Å². The van der Waals surface area contributed by atoms with E-state index in [1.807, 2.05) is 19.1 Å². The first-order valence-corrected chi connectivity index (χ1v) is 12.0. The summed E-state index contributed by atoms with van der Waals surface area (Å²) in [6, 6.07) is 13.8. The van der Waals surface area contributed by atoms with Gasteiger partial charge in [0.05, 0.1) is 11.8 Å². The van der Waals surface area contributed by atoms with Crippen molar-refractivity contribution in [3.63, 3.8) is 0 Å². The zero-order valence-electron chi connectivity index (χ0n) is 20.7. The van der Waals surface area contributed by atoms with Crippen LogP contribution in [0.5, 0.6) is 5.75 Å². The van der Waals surface area contributed by atoms with Crippen molar-refractivity contribution in [2.75, 3.05) is 43.0 Å². The molecule has 1 aliphatic rings. The van der Waals surface area contributed by atoms with Crippen LogP contribution in [0, 0.1) is 6.92 Å². The highest BCUT2D eigenvalue weighted by molar-refractivity contribution is 6.31. The minimum Gasteiger partial charge on any atom is -0.483 e. The molecular formula is C26H25ClF3N3O6. The number of amides is 1. The fraction of sp³-hybridized carbons (Fsp3) is 0.269. The van der Waals surface area contributed by atoms with Crippen molar-refractivity contribution in [3.05, 3.63) is 76.7 Å². The second-order valence-corrected chi connectivity index (χ2v) is 8.76. The Morgan fingerprint density at radius 3 is 2.41 bits per heavy atom. The smallest absolute Gasteiger partial charge is 0.483 e. The number of aliphatic carboxylic acids is 1. The van der Waals surface area contributed by atoms with Crippen LogP contribution in [0.4, 0.5) is 24.5 Å². The minimum absolute atomic E-state index is 0.168. The Balaban J connectivity index is 0.000000532. The number of carboxylic acids is 1. The molecule has 13 heteroatoms. The monoisotopic (exact) mass is 567 g/mol. The summed E-state index contributed by atoms with van der Waals surface area (Å²) in [7, 11) is 0. The number of anilines is 2. The number of carbonyl (C=O) groups is 3. The summed E-state index contributed by atoms with van der Waals surface area (Å²) in [6.07, 6.45) is -3.67. The topological polar surface area (TPSA) is 121 Å². The van der Waals surface area contributed by atoms with Gasteiger partial charge in [0, 0.05) is 42.6 Å². The van der Waals surface area contributed by atoms with Gasteiger partial charge in [0.2, 0.25) is 5.78 Å². The summed E-state index contributed by atoms with van der Waals surface area (Å²) in [5.74, 6) is -3.02. The van der Waals surface area contributed by atoms with E-state index in [4.69, 9.17) is 30.7 Å². The van der Waals surface area contributed by atoms with Crippen LogP contribution in [-0.4, -0.2) is 61.7 Å². The van der Waals surface area contributed by atoms with Gasteiger partial charge in [-0.15, -0.1) is 0 Å². The molecule has 0 radical (unpaired) electrons. The number of nitrogens with one attached hydrogen (secondary N) is 2. The first kappa shape index (κ1) is 29.5. The normalized spacial score (nSPS) is 13.2. The Bertz CT molecular complexity index is 1310. The summed E-state index contributed by atoms with van der Waals surface area (Å²) in [4.78, 5) is 36.4. The van der Waals surface area contributed by atoms with Crippen molar-refractivity contribution in [3.8, 4) is 5.75 Å². The summed E-state index contributed by atoms with van der Waals surface area (Å²) in [5, 5.41) is 13.7. The molecule has 0 atom stereocenters. The second-order valence-electron chi connectivity index (χ2n) is 8.32. The van der Waals surface area contributed by atoms with E-state index in [2.05, 4.69) is 21.6 Å². The molecule has 9 nitrogen and oxygen atoms in total. The fourth-order valence-electron chi connectivity index (χ4n) is 3.58. The van der Waals surface area contributed by atoms with Crippen LogP contribution in [0.2, 0.25) is 5.02 Å². The number of nitrogens with zero attached hydrogens (tertiary/aromatic N) is 1. The van der Waals surface area contributed by atoms with E-state index in [1.54, 1.807) is 24.3 Å². The van der Waals surface area contributed by atoms with Crippen molar-refractivity contribution in [1.82, 2.24) is 5.32 Å². The third kappa shape index (κ3) is 8.48. The maximum Gasteiger partial charge on any atom is 0.490 e. The van der Waals surface area contributed by atoms with Crippen LogP contribution < -0.4 is 20.3 Å². The number of alkyl halides is 3. The first-order chi connectivity index (χ1) is 18.5. The van der Waals surface area contributed by atoms with Crippen molar-refractivity contribution in [2.24, 2.45) is 0 Å². The van der Waals surface area contributed by atoms with E-state index in [0.29, 0.717) is 5.02 Å². The molecule has 39 heavy (non-hydrogen) atoms. The Labute approximate surface area is 226 Å². The lowest BCUT2D eigenvalue weighted by Crippen LogP contribution is -2.43. The highest BCUT2D eigenvalue weighted by atomic mass is 35.5. The first-order valence-electron chi connectivity index (χ1n) is 11.6. The second kappa shape index (κ2) is 13.2. The van der Waals surface area contributed by atoms with Gasteiger partial charge in [-0.3, -0.25) is 9.59 Å². The lowest BCUT2D eigenvalue weighted by Gasteiger charge is -2.30. The molecule has 1 fully saturated rings. The summed E-state index contributed by atoms with van der Waals surface area (Å²) < 4.78 is 42.6. The quantitative estimate of drug-likeness (QED) is 0.356. The lowest BCUT2D eigenvalue weighted by molar-refractivity contribution is -0.192. The van der Waals surface area contributed by atoms with Crippen molar-refractivity contribution in [1.29, 1.82) is 0 Å². The zero-order chi connectivity index (χ0) is 28.6. The van der Waals surface area contributed by atoms with Gasteiger partial charge in [-0.05, 0) is 61.0 Å². The largest absolute Gasteiger partial charge is 0.490 e. The number of piperazine rings is 1. The molecule has 1 aliphatic heterocycles. The van der Waals surface area contributed by atoms with E-state index in [0.717, 1.165) is 43.1 Å². The molecule has 208 valence electrons. The molecule has 0 bridgehead atoms. The Hall–Kier alpha value is -4.03. The van der Waals surface area contributed by atoms with Crippen LogP contribution in [-0.2, 0) is 9.59 Å². The number of benzene rings is 2. The molecule has 1 amide bonds. The molecule has 0 aliphatic carbocycles. The summed E-state index contributed by atoms with van der Waals surface area (Å²) in [5.41, 5.74) is 3.06. The van der Waals surface area contributed by atoms with E-state index in [1.165, 1.54) is 12.3 Å². The number of ketones is 1. The van der Waals surface area contributed by atoms with Gasteiger partial charge in [-0.2, -0.15) is 13.2 Å². The number of carboxylic acid groups (broad SMARTS) is 1. The van der Waals surface area contributed by atoms with E-state index in [-0.39, 0.29) is 35.4 Å². The molecule has 0 spiro atoms. The summed E-state index contributed by atoms with van der Waals surface area (Å²) >= 11 is 6.05. The van der Waals surface area contributed by atoms with Crippen molar-refractivity contribution < 1.29 is 41.8 Å². The Morgan fingerprint density at radius 1 is 1.13 bits per heavy atom. The van der Waals surface area contributed by atoms with Crippen LogP contribution in [0.15, 0.2) is 59.2 Å². The third-order valence-electron chi connectivity index (χ3n) is 5.50. The molecule has 1 aromatic heterocycles. The number of aryl methyl sites for hydroxylation is 1. The highest BCUT2D eigenvalue weighted by Gasteiger charge is 2.38. The molecular weight excluding hydrogens is 543 g/mol. The van der Waals surface area contributed by atoms with Crippen LogP contribution in [0.25, 0.3) is 0 Å². The number of hydrogen-bond acceptors (Lipinski definition) is 7. The Morgan fingerprint density at radius 2 is 1.82 bits per heavy atom. The number of hydrogen-bond donors (Lipinski definition) is 3. The van der Waals surface area contributed by atoms with Gasteiger partial charge in [0.25, 0.3) is 5.91 Å². The zero-order valence-corrected chi connectivity index (χ0v) is 21.4. The molecule has 0 unspecified atom stereocenters. The van der Waals surface area contributed by atoms with Crippen LogP contribution >= 0.6 is 11.6 Å². The summed E-state index contributed by atoms with van der Waals surface area (Å²) in [6.45, 7) is 5.55. The number of carbonyl (C=O) groups excluding carboxylic acids is 2.